The van der Waals surface area contributed by atoms with E-state index in [1.807, 2.05) is 4.90 Å². The van der Waals surface area contributed by atoms with Gasteiger partial charge in [0.25, 0.3) is 0 Å². The molecular formula is C9H15NO2. The third-order valence-electron chi connectivity index (χ3n) is 2.96. The van der Waals surface area contributed by atoms with Gasteiger partial charge in [-0.05, 0) is 25.7 Å². The lowest BCUT2D eigenvalue weighted by Crippen LogP contribution is -2.46. The highest BCUT2D eigenvalue weighted by Crippen LogP contribution is 2.28. The highest BCUT2D eigenvalue weighted by atomic mass is 16.3. The van der Waals surface area contributed by atoms with Crippen molar-refractivity contribution < 1.29 is 9.90 Å². The largest absolute Gasteiger partial charge is 0.392 e. The van der Waals surface area contributed by atoms with E-state index < -0.39 is 0 Å². The summed E-state index contributed by atoms with van der Waals surface area (Å²) in [4.78, 5) is 13.5. The Balaban J connectivity index is 1.93. The molecule has 1 heterocycles. The van der Waals surface area contributed by atoms with E-state index in [4.69, 9.17) is 0 Å². The number of likely N-dealkylation sites (tertiary alicyclic amines) is 1. The second-order valence-corrected chi connectivity index (χ2v) is 3.78. The van der Waals surface area contributed by atoms with Crippen LogP contribution >= 0.6 is 0 Å². The number of nitrogens with zero attached hydrogens (tertiary/aromatic N) is 1. The average Bonchev–Trinajstić information content (AvgIpc) is 2.31. The van der Waals surface area contributed by atoms with Crippen LogP contribution in [0.15, 0.2) is 0 Å². The number of hydrogen-bond acceptors (Lipinski definition) is 2. The summed E-state index contributed by atoms with van der Waals surface area (Å²) < 4.78 is 0. The fourth-order valence-corrected chi connectivity index (χ4v) is 2.00. The molecule has 0 aromatic heterocycles. The van der Waals surface area contributed by atoms with E-state index in [2.05, 4.69) is 0 Å². The van der Waals surface area contributed by atoms with E-state index in [0.29, 0.717) is 0 Å². The summed E-state index contributed by atoms with van der Waals surface area (Å²) in [7, 11) is 0. The molecule has 68 valence electrons. The molecule has 12 heavy (non-hydrogen) atoms. The van der Waals surface area contributed by atoms with Gasteiger partial charge in [-0.25, -0.2) is 0 Å². The molecule has 2 atom stereocenters. The maximum Gasteiger partial charge on any atom is 0.228 e. The van der Waals surface area contributed by atoms with Gasteiger partial charge in [0.1, 0.15) is 0 Å². The first-order chi connectivity index (χ1) is 5.79. The molecular weight excluding hydrogens is 154 g/mol. The first kappa shape index (κ1) is 8.05. The van der Waals surface area contributed by atoms with E-state index in [1.165, 1.54) is 0 Å². The van der Waals surface area contributed by atoms with Gasteiger partial charge in [0, 0.05) is 13.1 Å². The van der Waals surface area contributed by atoms with Crippen molar-refractivity contribution in [2.75, 3.05) is 13.1 Å². The molecule has 1 saturated carbocycles. The molecule has 0 radical (unpaired) electrons. The van der Waals surface area contributed by atoms with Crippen LogP contribution in [0.1, 0.15) is 25.7 Å². The first-order valence-corrected chi connectivity index (χ1v) is 4.76. The van der Waals surface area contributed by atoms with Crippen molar-refractivity contribution in [2.45, 2.75) is 31.8 Å². The fourth-order valence-electron chi connectivity index (χ4n) is 2.00. The van der Waals surface area contributed by atoms with Crippen LogP contribution in [0.5, 0.6) is 0 Å². The molecule has 0 aromatic rings. The van der Waals surface area contributed by atoms with E-state index in [9.17, 15) is 9.90 Å². The summed E-state index contributed by atoms with van der Waals surface area (Å²) in [6, 6.07) is 0. The van der Waals surface area contributed by atoms with Gasteiger partial charge in [-0.2, -0.15) is 0 Å². The number of carbonyl (C=O) groups is 1. The zero-order valence-corrected chi connectivity index (χ0v) is 7.20. The quantitative estimate of drug-likeness (QED) is 0.616. The summed E-state index contributed by atoms with van der Waals surface area (Å²) in [5.74, 6) is 0.108. The van der Waals surface area contributed by atoms with Crippen LogP contribution in [-0.4, -0.2) is 35.1 Å². The van der Waals surface area contributed by atoms with Crippen LogP contribution in [0.4, 0.5) is 0 Å². The normalized spacial score (nSPS) is 34.9. The topological polar surface area (TPSA) is 40.5 Å². The second kappa shape index (κ2) is 3.05. The van der Waals surface area contributed by atoms with Gasteiger partial charge in [-0.3, -0.25) is 4.79 Å². The van der Waals surface area contributed by atoms with Crippen molar-refractivity contribution in [1.29, 1.82) is 0 Å². The van der Waals surface area contributed by atoms with Gasteiger partial charge < -0.3 is 10.0 Å². The van der Waals surface area contributed by atoms with E-state index in [-0.39, 0.29) is 17.9 Å². The SMILES string of the molecule is O=C([C@H]1CCC[C@@H]1O)N1CCC1. The Hall–Kier alpha value is -0.570. The van der Waals surface area contributed by atoms with Crippen LogP contribution in [0, 0.1) is 5.92 Å². The average molecular weight is 169 g/mol. The summed E-state index contributed by atoms with van der Waals surface area (Å²) >= 11 is 0. The Morgan fingerprint density at radius 2 is 2.00 bits per heavy atom. The van der Waals surface area contributed by atoms with Crippen molar-refractivity contribution in [3.05, 3.63) is 0 Å². The monoisotopic (exact) mass is 169 g/mol. The lowest BCUT2D eigenvalue weighted by molar-refractivity contribution is -0.141. The summed E-state index contributed by atoms with van der Waals surface area (Å²) in [6.07, 6.45) is 3.47. The van der Waals surface area contributed by atoms with E-state index in [1.54, 1.807) is 0 Å². The Bertz CT molecular complexity index is 189. The Labute approximate surface area is 72.4 Å². The van der Waals surface area contributed by atoms with Crippen LogP contribution in [-0.2, 0) is 4.79 Å². The smallest absolute Gasteiger partial charge is 0.228 e. The van der Waals surface area contributed by atoms with Crippen molar-refractivity contribution >= 4 is 5.91 Å². The van der Waals surface area contributed by atoms with Crippen molar-refractivity contribution in [1.82, 2.24) is 4.90 Å². The number of aliphatic hydroxyl groups excluding tert-OH is 1. The predicted molar refractivity (Wildman–Crippen MR) is 44.5 cm³/mol. The number of hydrogen-bond donors (Lipinski definition) is 1. The molecule has 0 bridgehead atoms. The molecule has 2 fully saturated rings. The van der Waals surface area contributed by atoms with Crippen molar-refractivity contribution in [3.8, 4) is 0 Å². The number of carbonyl (C=O) groups excluding carboxylic acids is 1. The van der Waals surface area contributed by atoms with Crippen LogP contribution in [0.3, 0.4) is 0 Å². The molecule has 0 spiro atoms. The molecule has 3 nitrogen and oxygen atoms in total. The predicted octanol–water partition coefficient (Wildman–Crippen LogP) is 0.380. The molecule has 0 unspecified atom stereocenters. The van der Waals surface area contributed by atoms with Crippen LogP contribution in [0.25, 0.3) is 0 Å². The molecule has 1 N–H and O–H groups in total. The van der Waals surface area contributed by atoms with Crippen LogP contribution in [0.2, 0.25) is 0 Å². The maximum absolute atomic E-state index is 11.6. The van der Waals surface area contributed by atoms with Gasteiger partial charge in [-0.15, -0.1) is 0 Å². The minimum absolute atomic E-state index is 0.0784. The summed E-state index contributed by atoms with van der Waals surface area (Å²) in [5.41, 5.74) is 0. The molecule has 0 aromatic carbocycles. The first-order valence-electron chi connectivity index (χ1n) is 4.76. The summed E-state index contributed by atoms with van der Waals surface area (Å²) in [6.45, 7) is 1.81. The highest BCUT2D eigenvalue weighted by molar-refractivity contribution is 5.80. The molecule has 1 aliphatic carbocycles. The molecule has 1 amide bonds. The highest BCUT2D eigenvalue weighted by Gasteiger charge is 2.35. The standard InChI is InChI=1S/C9H15NO2/c11-8-4-1-3-7(8)9(12)10-5-2-6-10/h7-8,11H,1-6H2/t7-,8-/m0/s1. The lowest BCUT2D eigenvalue weighted by atomic mass is 10.0. The zero-order chi connectivity index (χ0) is 8.55. The van der Waals surface area contributed by atoms with Gasteiger partial charge in [-0.1, -0.05) is 0 Å². The van der Waals surface area contributed by atoms with Crippen molar-refractivity contribution in [2.24, 2.45) is 5.92 Å². The number of aliphatic hydroxyl groups is 1. The Morgan fingerprint density at radius 3 is 2.42 bits per heavy atom. The summed E-state index contributed by atoms with van der Waals surface area (Å²) in [5, 5.41) is 9.48. The minimum atomic E-state index is -0.363. The number of rotatable bonds is 1. The molecule has 2 rings (SSSR count). The fraction of sp³-hybridized carbons (Fsp3) is 0.889. The third-order valence-corrected chi connectivity index (χ3v) is 2.96. The van der Waals surface area contributed by atoms with E-state index in [0.717, 1.165) is 38.8 Å². The van der Waals surface area contributed by atoms with Crippen molar-refractivity contribution in [3.63, 3.8) is 0 Å². The van der Waals surface area contributed by atoms with Gasteiger partial charge in [0.15, 0.2) is 0 Å². The van der Waals surface area contributed by atoms with E-state index >= 15 is 0 Å². The number of amides is 1. The second-order valence-electron chi connectivity index (χ2n) is 3.78. The Morgan fingerprint density at radius 1 is 1.25 bits per heavy atom. The van der Waals surface area contributed by atoms with Gasteiger partial charge in [0.05, 0.1) is 12.0 Å². The molecule has 1 aliphatic heterocycles. The third kappa shape index (κ3) is 1.22. The van der Waals surface area contributed by atoms with Gasteiger partial charge >= 0.3 is 0 Å². The Kier molecular flexibility index (Phi) is 2.05. The van der Waals surface area contributed by atoms with Crippen LogP contribution < -0.4 is 0 Å². The molecule has 3 heteroatoms. The molecule has 2 aliphatic rings. The maximum atomic E-state index is 11.6. The zero-order valence-electron chi connectivity index (χ0n) is 7.20. The van der Waals surface area contributed by atoms with Gasteiger partial charge in [0.2, 0.25) is 5.91 Å². The lowest BCUT2D eigenvalue weighted by Gasteiger charge is -2.33. The molecule has 1 saturated heterocycles. The minimum Gasteiger partial charge on any atom is -0.392 e.